The molecular weight excluding hydrogens is 310 g/mol. The van der Waals surface area contributed by atoms with Crippen LogP contribution in [0.25, 0.3) is 0 Å². The number of carbonyl (C=O) groups excluding carboxylic acids is 1. The van der Waals surface area contributed by atoms with E-state index in [1.807, 2.05) is 13.8 Å². The number of halogens is 1. The van der Waals surface area contributed by atoms with Crippen LogP contribution in [-0.2, 0) is 0 Å². The lowest BCUT2D eigenvalue weighted by atomic mass is 10.2. The van der Waals surface area contributed by atoms with E-state index >= 15 is 0 Å². The molecule has 0 radical (unpaired) electrons. The third-order valence-corrected chi connectivity index (χ3v) is 3.39. The van der Waals surface area contributed by atoms with E-state index in [-0.39, 0.29) is 5.91 Å². The summed E-state index contributed by atoms with van der Waals surface area (Å²) >= 11 is 3.34. The lowest BCUT2D eigenvalue weighted by Crippen LogP contribution is -2.14. The van der Waals surface area contributed by atoms with Crippen molar-refractivity contribution in [1.82, 2.24) is 10.2 Å². The van der Waals surface area contributed by atoms with Crippen LogP contribution in [0.1, 0.15) is 21.6 Å². The molecule has 0 unspecified atom stereocenters. The predicted molar refractivity (Wildman–Crippen MR) is 76.7 cm³/mol. The highest BCUT2D eigenvalue weighted by Gasteiger charge is 2.15. The number of aryl methyl sites for hydroxylation is 1. The molecule has 0 saturated carbocycles. The first-order valence-corrected chi connectivity index (χ1v) is 6.48. The Labute approximate surface area is 119 Å². The first kappa shape index (κ1) is 13.6. The van der Waals surface area contributed by atoms with E-state index in [4.69, 9.17) is 4.74 Å². The molecule has 5 nitrogen and oxygen atoms in total. The number of carbonyl (C=O) groups is 1. The number of anilines is 1. The number of nitrogens with one attached hydrogen (secondary N) is 2. The van der Waals surface area contributed by atoms with Gasteiger partial charge in [-0.2, -0.15) is 5.10 Å². The fourth-order valence-corrected chi connectivity index (χ4v) is 1.97. The summed E-state index contributed by atoms with van der Waals surface area (Å²) in [5.74, 6) is 0.795. The van der Waals surface area contributed by atoms with Crippen LogP contribution in [0, 0.1) is 13.8 Å². The van der Waals surface area contributed by atoms with Gasteiger partial charge in [0.15, 0.2) is 5.82 Å². The number of H-pyrrole nitrogens is 1. The zero-order chi connectivity index (χ0) is 14.0. The number of amides is 1. The molecule has 100 valence electrons. The molecule has 0 bridgehead atoms. The van der Waals surface area contributed by atoms with Gasteiger partial charge in [0, 0.05) is 15.7 Å². The standard InChI is InChI=1S/C13H14BrN3O2/c1-7-8(2)16-17-12(7)15-13(18)10-5-4-9(14)6-11(10)19-3/h4-6H,1-3H3,(H2,15,16,17,18). The molecule has 19 heavy (non-hydrogen) atoms. The highest BCUT2D eigenvalue weighted by molar-refractivity contribution is 9.10. The van der Waals surface area contributed by atoms with Gasteiger partial charge in [-0.05, 0) is 32.0 Å². The van der Waals surface area contributed by atoms with Crippen LogP contribution in [0.5, 0.6) is 5.75 Å². The van der Waals surface area contributed by atoms with E-state index in [1.165, 1.54) is 7.11 Å². The highest BCUT2D eigenvalue weighted by atomic mass is 79.9. The van der Waals surface area contributed by atoms with Crippen molar-refractivity contribution in [2.24, 2.45) is 0 Å². The zero-order valence-electron chi connectivity index (χ0n) is 10.9. The van der Waals surface area contributed by atoms with E-state index < -0.39 is 0 Å². The van der Waals surface area contributed by atoms with Gasteiger partial charge in [-0.15, -0.1) is 0 Å². The summed E-state index contributed by atoms with van der Waals surface area (Å²) in [7, 11) is 1.53. The maximum Gasteiger partial charge on any atom is 0.260 e. The van der Waals surface area contributed by atoms with Crippen molar-refractivity contribution >= 4 is 27.7 Å². The number of benzene rings is 1. The fourth-order valence-electron chi connectivity index (χ4n) is 1.63. The van der Waals surface area contributed by atoms with Crippen LogP contribution >= 0.6 is 15.9 Å². The maximum absolute atomic E-state index is 12.2. The SMILES string of the molecule is COc1cc(Br)ccc1C(=O)Nc1n[nH]c(C)c1C. The molecule has 0 aliphatic heterocycles. The third-order valence-electron chi connectivity index (χ3n) is 2.89. The molecule has 2 aromatic rings. The number of aromatic amines is 1. The Morgan fingerprint density at radius 3 is 2.74 bits per heavy atom. The van der Waals surface area contributed by atoms with Gasteiger partial charge >= 0.3 is 0 Å². The molecule has 0 aliphatic carbocycles. The molecule has 2 N–H and O–H groups in total. The topological polar surface area (TPSA) is 67.0 Å². The molecule has 0 fully saturated rings. The molecule has 2 rings (SSSR count). The summed E-state index contributed by atoms with van der Waals surface area (Å²) < 4.78 is 6.06. The quantitative estimate of drug-likeness (QED) is 0.912. The van der Waals surface area contributed by atoms with Crippen molar-refractivity contribution in [2.75, 3.05) is 12.4 Å². The molecule has 1 aromatic heterocycles. The van der Waals surface area contributed by atoms with E-state index in [0.29, 0.717) is 17.1 Å². The molecule has 1 heterocycles. The van der Waals surface area contributed by atoms with Gasteiger partial charge in [-0.3, -0.25) is 9.89 Å². The Hall–Kier alpha value is -1.82. The molecule has 0 aliphatic rings. The van der Waals surface area contributed by atoms with E-state index in [0.717, 1.165) is 15.7 Å². The Bertz CT molecular complexity index is 622. The normalized spacial score (nSPS) is 10.3. The van der Waals surface area contributed by atoms with Gasteiger partial charge in [0.25, 0.3) is 5.91 Å². The Morgan fingerprint density at radius 2 is 2.16 bits per heavy atom. The van der Waals surface area contributed by atoms with Crippen molar-refractivity contribution in [3.8, 4) is 5.75 Å². The van der Waals surface area contributed by atoms with Crippen LogP contribution in [0.3, 0.4) is 0 Å². The van der Waals surface area contributed by atoms with Gasteiger partial charge in [-0.1, -0.05) is 15.9 Å². The zero-order valence-corrected chi connectivity index (χ0v) is 12.5. The molecule has 0 atom stereocenters. The van der Waals surface area contributed by atoms with Gasteiger partial charge in [0.05, 0.1) is 12.7 Å². The molecule has 0 spiro atoms. The Kier molecular flexibility index (Phi) is 3.90. The minimum absolute atomic E-state index is 0.251. The van der Waals surface area contributed by atoms with Crippen LogP contribution < -0.4 is 10.1 Å². The van der Waals surface area contributed by atoms with Crippen LogP contribution in [0.2, 0.25) is 0 Å². The average Bonchev–Trinajstić information content (AvgIpc) is 2.70. The second-order valence-electron chi connectivity index (χ2n) is 4.12. The van der Waals surface area contributed by atoms with Gasteiger partial charge < -0.3 is 10.1 Å². The predicted octanol–water partition coefficient (Wildman–Crippen LogP) is 3.05. The van der Waals surface area contributed by atoms with Crippen molar-refractivity contribution in [3.05, 3.63) is 39.5 Å². The minimum atomic E-state index is -0.251. The van der Waals surface area contributed by atoms with Gasteiger partial charge in [0.2, 0.25) is 0 Å². The maximum atomic E-state index is 12.2. The van der Waals surface area contributed by atoms with Gasteiger partial charge in [-0.25, -0.2) is 0 Å². The minimum Gasteiger partial charge on any atom is -0.496 e. The Balaban J connectivity index is 2.27. The smallest absolute Gasteiger partial charge is 0.260 e. The number of methoxy groups -OCH3 is 1. The molecule has 1 aromatic carbocycles. The lowest BCUT2D eigenvalue weighted by molar-refractivity contribution is 0.102. The Morgan fingerprint density at radius 1 is 1.42 bits per heavy atom. The number of ether oxygens (including phenoxy) is 1. The summed E-state index contributed by atoms with van der Waals surface area (Å²) in [4.78, 5) is 12.2. The van der Waals surface area contributed by atoms with Crippen molar-refractivity contribution in [3.63, 3.8) is 0 Å². The van der Waals surface area contributed by atoms with Crippen LogP contribution in [0.4, 0.5) is 5.82 Å². The molecule has 1 amide bonds. The van der Waals surface area contributed by atoms with Gasteiger partial charge in [0.1, 0.15) is 5.75 Å². The average molecular weight is 324 g/mol. The highest BCUT2D eigenvalue weighted by Crippen LogP contribution is 2.24. The molecule has 0 saturated heterocycles. The van der Waals surface area contributed by atoms with E-state index in [2.05, 4.69) is 31.4 Å². The summed E-state index contributed by atoms with van der Waals surface area (Å²) in [5, 5.41) is 9.64. The lowest BCUT2D eigenvalue weighted by Gasteiger charge is -2.08. The van der Waals surface area contributed by atoms with Crippen molar-refractivity contribution in [2.45, 2.75) is 13.8 Å². The third kappa shape index (κ3) is 2.78. The van der Waals surface area contributed by atoms with Crippen LogP contribution in [0.15, 0.2) is 22.7 Å². The number of nitrogens with zero attached hydrogens (tertiary/aromatic N) is 1. The second-order valence-corrected chi connectivity index (χ2v) is 5.04. The summed E-state index contributed by atoms with van der Waals surface area (Å²) in [6.07, 6.45) is 0. The van der Waals surface area contributed by atoms with Crippen molar-refractivity contribution < 1.29 is 9.53 Å². The number of hydrogen-bond acceptors (Lipinski definition) is 3. The first-order valence-electron chi connectivity index (χ1n) is 5.69. The number of hydrogen-bond donors (Lipinski definition) is 2. The summed E-state index contributed by atoms with van der Waals surface area (Å²) in [6, 6.07) is 5.24. The summed E-state index contributed by atoms with van der Waals surface area (Å²) in [6.45, 7) is 3.80. The monoisotopic (exact) mass is 323 g/mol. The largest absolute Gasteiger partial charge is 0.496 e. The number of aromatic nitrogens is 2. The number of rotatable bonds is 3. The van der Waals surface area contributed by atoms with Crippen LogP contribution in [-0.4, -0.2) is 23.2 Å². The fraction of sp³-hybridized carbons (Fsp3) is 0.231. The van der Waals surface area contributed by atoms with E-state index in [9.17, 15) is 4.79 Å². The van der Waals surface area contributed by atoms with E-state index in [1.54, 1.807) is 18.2 Å². The van der Waals surface area contributed by atoms with Crippen molar-refractivity contribution in [1.29, 1.82) is 0 Å². The molecular formula is C13H14BrN3O2. The first-order chi connectivity index (χ1) is 9.02. The second kappa shape index (κ2) is 5.44. The summed E-state index contributed by atoms with van der Waals surface area (Å²) in [5.41, 5.74) is 2.31. The molecule has 6 heteroatoms.